The fourth-order valence-corrected chi connectivity index (χ4v) is 2.10. The van der Waals surface area contributed by atoms with E-state index < -0.39 is 5.97 Å². The van der Waals surface area contributed by atoms with Crippen LogP contribution in [0.5, 0.6) is 0 Å². The molecule has 0 radical (unpaired) electrons. The first-order valence-corrected chi connectivity index (χ1v) is 7.00. The third-order valence-corrected chi connectivity index (χ3v) is 3.16. The minimum atomic E-state index is -0.963. The Hall–Kier alpha value is -1.34. The van der Waals surface area contributed by atoms with E-state index in [9.17, 15) is 9.59 Å². The number of carboxylic acid groups (broad SMARTS) is 1. The Morgan fingerprint density at radius 1 is 1.40 bits per heavy atom. The maximum Gasteiger partial charge on any atom is 0.329 e. The molecule has 1 fully saturated rings. The lowest BCUT2D eigenvalue weighted by molar-refractivity contribution is -0.145. The summed E-state index contributed by atoms with van der Waals surface area (Å²) in [6.45, 7) is 5.84. The molecule has 116 valence electrons. The molecule has 7 nitrogen and oxygen atoms in total. The third-order valence-electron chi connectivity index (χ3n) is 3.16. The van der Waals surface area contributed by atoms with E-state index in [4.69, 9.17) is 14.6 Å². The maximum absolute atomic E-state index is 11.9. The molecule has 1 unspecified atom stereocenters. The molecule has 0 bridgehead atoms. The summed E-state index contributed by atoms with van der Waals surface area (Å²) in [5.74, 6) is -0.963. The molecule has 1 atom stereocenters. The molecule has 7 heteroatoms. The lowest BCUT2D eigenvalue weighted by Gasteiger charge is -2.32. The van der Waals surface area contributed by atoms with Crippen molar-refractivity contribution in [2.24, 2.45) is 0 Å². The Morgan fingerprint density at radius 2 is 2.05 bits per heavy atom. The van der Waals surface area contributed by atoms with E-state index in [1.807, 2.05) is 13.8 Å². The molecule has 1 saturated heterocycles. The number of hydrogen-bond acceptors (Lipinski definition) is 4. The Balaban J connectivity index is 2.20. The van der Waals surface area contributed by atoms with Gasteiger partial charge in [0.05, 0.1) is 12.2 Å². The summed E-state index contributed by atoms with van der Waals surface area (Å²) in [6.07, 6.45) is 1.27. The van der Waals surface area contributed by atoms with Gasteiger partial charge in [-0.15, -0.1) is 0 Å². The molecule has 0 aromatic carbocycles. The standard InChI is InChI=1S/C13H24N2O5/c1-3-19-10(2)8-14-13(18)15-6-4-11(5-7-15)20-9-12(16)17/h10-11H,3-9H2,1-2H3,(H,14,18)(H,16,17). The third kappa shape index (κ3) is 6.21. The van der Waals surface area contributed by atoms with Crippen molar-refractivity contribution < 1.29 is 24.2 Å². The van der Waals surface area contributed by atoms with Crippen molar-refractivity contribution in [2.45, 2.75) is 38.9 Å². The molecule has 1 rings (SSSR count). The summed E-state index contributed by atoms with van der Waals surface area (Å²) in [7, 11) is 0. The second-order valence-corrected chi connectivity index (χ2v) is 4.84. The Morgan fingerprint density at radius 3 is 2.60 bits per heavy atom. The van der Waals surface area contributed by atoms with Crippen molar-refractivity contribution in [3.63, 3.8) is 0 Å². The maximum atomic E-state index is 11.9. The van der Waals surface area contributed by atoms with Gasteiger partial charge in [0.25, 0.3) is 0 Å². The first-order chi connectivity index (χ1) is 9.52. The summed E-state index contributed by atoms with van der Waals surface area (Å²) in [5, 5.41) is 11.4. The van der Waals surface area contributed by atoms with Crippen LogP contribution in [0, 0.1) is 0 Å². The van der Waals surface area contributed by atoms with Crippen LogP contribution in [0.25, 0.3) is 0 Å². The monoisotopic (exact) mass is 288 g/mol. The molecule has 0 aromatic rings. The van der Waals surface area contributed by atoms with Crippen molar-refractivity contribution in [3.8, 4) is 0 Å². The number of nitrogens with one attached hydrogen (secondary N) is 1. The van der Waals surface area contributed by atoms with Crippen molar-refractivity contribution in [1.29, 1.82) is 0 Å². The molecule has 1 aliphatic rings. The van der Waals surface area contributed by atoms with Crippen LogP contribution in [0.3, 0.4) is 0 Å². The van der Waals surface area contributed by atoms with Gasteiger partial charge in [-0.2, -0.15) is 0 Å². The zero-order valence-corrected chi connectivity index (χ0v) is 12.1. The topological polar surface area (TPSA) is 88.1 Å². The van der Waals surface area contributed by atoms with Gasteiger partial charge in [-0.1, -0.05) is 0 Å². The van der Waals surface area contributed by atoms with Crippen molar-refractivity contribution >= 4 is 12.0 Å². The lowest BCUT2D eigenvalue weighted by Crippen LogP contribution is -2.47. The number of aliphatic carboxylic acids is 1. The highest BCUT2D eigenvalue weighted by atomic mass is 16.5. The van der Waals surface area contributed by atoms with Crippen LogP contribution in [0.1, 0.15) is 26.7 Å². The molecule has 1 aliphatic heterocycles. The van der Waals surface area contributed by atoms with Crippen molar-refractivity contribution in [2.75, 3.05) is 32.8 Å². The summed E-state index contributed by atoms with van der Waals surface area (Å²) in [5.41, 5.74) is 0. The summed E-state index contributed by atoms with van der Waals surface area (Å²) in [4.78, 5) is 24.0. The SMILES string of the molecule is CCOC(C)CNC(=O)N1CCC(OCC(=O)O)CC1. The molecule has 0 aromatic heterocycles. The largest absolute Gasteiger partial charge is 0.480 e. The van der Waals surface area contributed by atoms with E-state index in [0.29, 0.717) is 39.1 Å². The van der Waals surface area contributed by atoms with Gasteiger partial charge in [0.15, 0.2) is 0 Å². The molecule has 0 saturated carbocycles. The highest BCUT2D eigenvalue weighted by Gasteiger charge is 2.23. The predicted octanol–water partition coefficient (Wildman–Crippen LogP) is 0.687. The fourth-order valence-electron chi connectivity index (χ4n) is 2.10. The summed E-state index contributed by atoms with van der Waals surface area (Å²) in [6, 6.07) is -0.103. The lowest BCUT2D eigenvalue weighted by atomic mass is 10.1. The number of piperidine rings is 1. The minimum absolute atomic E-state index is 0.000360. The van der Waals surface area contributed by atoms with Gasteiger partial charge < -0.3 is 24.8 Å². The zero-order valence-electron chi connectivity index (χ0n) is 12.1. The highest BCUT2D eigenvalue weighted by molar-refractivity contribution is 5.74. The van der Waals surface area contributed by atoms with Gasteiger partial charge in [-0.3, -0.25) is 0 Å². The van der Waals surface area contributed by atoms with Crippen LogP contribution in [0.15, 0.2) is 0 Å². The van der Waals surface area contributed by atoms with Crippen molar-refractivity contribution in [3.05, 3.63) is 0 Å². The molecule has 2 amide bonds. The zero-order chi connectivity index (χ0) is 15.0. The minimum Gasteiger partial charge on any atom is -0.480 e. The molecule has 0 aliphatic carbocycles. The van der Waals surface area contributed by atoms with Gasteiger partial charge in [0, 0.05) is 26.2 Å². The number of nitrogens with zero attached hydrogens (tertiary/aromatic N) is 1. The average Bonchev–Trinajstić information content (AvgIpc) is 2.43. The number of carboxylic acids is 1. The number of carbonyl (C=O) groups excluding carboxylic acids is 1. The van der Waals surface area contributed by atoms with Crippen LogP contribution in [0.2, 0.25) is 0 Å². The summed E-state index contributed by atoms with van der Waals surface area (Å²) >= 11 is 0. The number of likely N-dealkylation sites (tertiary alicyclic amines) is 1. The smallest absolute Gasteiger partial charge is 0.329 e. The number of hydrogen-bond donors (Lipinski definition) is 2. The van der Waals surface area contributed by atoms with E-state index in [1.165, 1.54) is 0 Å². The van der Waals surface area contributed by atoms with Crippen LogP contribution in [0.4, 0.5) is 4.79 Å². The van der Waals surface area contributed by atoms with E-state index in [-0.39, 0.29) is 24.8 Å². The summed E-state index contributed by atoms with van der Waals surface area (Å²) < 4.78 is 10.6. The van der Waals surface area contributed by atoms with Crippen LogP contribution in [-0.4, -0.2) is 67.1 Å². The first-order valence-electron chi connectivity index (χ1n) is 7.00. The van der Waals surface area contributed by atoms with Crippen molar-refractivity contribution in [1.82, 2.24) is 10.2 Å². The number of rotatable bonds is 7. The molecule has 0 spiro atoms. The number of ether oxygens (including phenoxy) is 2. The van der Waals surface area contributed by atoms with Crippen LogP contribution in [-0.2, 0) is 14.3 Å². The van der Waals surface area contributed by atoms with E-state index in [1.54, 1.807) is 4.90 Å². The Bertz CT molecular complexity index is 316. The fraction of sp³-hybridized carbons (Fsp3) is 0.846. The average molecular weight is 288 g/mol. The van der Waals surface area contributed by atoms with E-state index >= 15 is 0 Å². The molecular weight excluding hydrogens is 264 g/mol. The Labute approximate surface area is 119 Å². The molecule has 20 heavy (non-hydrogen) atoms. The van der Waals surface area contributed by atoms with Crippen LogP contribution < -0.4 is 5.32 Å². The van der Waals surface area contributed by atoms with E-state index in [2.05, 4.69) is 5.32 Å². The highest BCUT2D eigenvalue weighted by Crippen LogP contribution is 2.13. The van der Waals surface area contributed by atoms with Gasteiger partial charge in [0.2, 0.25) is 0 Å². The van der Waals surface area contributed by atoms with Gasteiger partial charge in [-0.05, 0) is 26.7 Å². The first kappa shape index (κ1) is 16.7. The molecular formula is C13H24N2O5. The quantitative estimate of drug-likeness (QED) is 0.719. The van der Waals surface area contributed by atoms with Gasteiger partial charge >= 0.3 is 12.0 Å². The normalized spacial score (nSPS) is 17.8. The number of carbonyl (C=O) groups is 2. The molecule has 1 heterocycles. The van der Waals surface area contributed by atoms with Gasteiger partial charge in [0.1, 0.15) is 6.61 Å². The predicted molar refractivity (Wildman–Crippen MR) is 72.7 cm³/mol. The van der Waals surface area contributed by atoms with Gasteiger partial charge in [-0.25, -0.2) is 9.59 Å². The second kappa shape index (κ2) is 8.76. The van der Waals surface area contributed by atoms with Crippen LogP contribution >= 0.6 is 0 Å². The number of urea groups is 1. The molecule has 2 N–H and O–H groups in total. The number of amides is 2. The van der Waals surface area contributed by atoms with E-state index in [0.717, 1.165) is 0 Å². The Kier molecular flexibility index (Phi) is 7.32. The second-order valence-electron chi connectivity index (χ2n) is 4.84.